The van der Waals surface area contributed by atoms with Crippen LogP contribution < -0.4 is 25.4 Å². The Morgan fingerprint density at radius 3 is 1.28 bits per heavy atom. The molecule has 6 aliphatic rings. The van der Waals surface area contributed by atoms with Crippen molar-refractivity contribution in [3.8, 4) is 89.8 Å². The molecule has 0 saturated carbocycles. The number of hydrogen-bond donors (Lipinski definition) is 3. The molecule has 0 unspecified atom stereocenters. The molecule has 3 aliphatic carbocycles. The number of rotatable bonds is 9. The Morgan fingerprint density at radius 1 is 0.217 bits per heavy atom. The molecule has 30 rings (SSSR count). The van der Waals surface area contributed by atoms with Crippen molar-refractivity contribution in [2.24, 2.45) is 0 Å². The van der Waals surface area contributed by atoms with Gasteiger partial charge in [-0.05, 0) is 245 Å². The van der Waals surface area contributed by atoms with E-state index in [0.29, 0.717) is 10.1 Å². The fourth-order valence-electron chi connectivity index (χ4n) is 23.4. The Morgan fingerprint density at radius 2 is 0.638 bits per heavy atom. The quantitative estimate of drug-likeness (QED) is 0.132. The SMILES string of the molecule is [2H]c1c([2H])c([2H])c2c(sc3cccc(Nc4ccc5c(c4)C4(c6ccccc6S5)c5ccccc5-c5ccccc54)c32)c1[2H].c1ccc(-c2cc(Nc3ccc4c(c3)C3(c5ccccc5O4)c4ccccc4-c4ccccc43)ccc2-c2cccc3oc4ccccc4c23)cc1.c1ccc2c(c1)Oc1cc(-c3ccc(Nc4cccc5oc6ccccc6c45)cc3)ccc1C21c2ccccc2-c2ccccc21. The summed E-state index contributed by atoms with van der Waals surface area (Å²) in [7, 11) is 0. The van der Waals surface area contributed by atoms with E-state index in [-0.39, 0.29) is 24.2 Å². The number of furan rings is 2. The van der Waals surface area contributed by atoms with Crippen molar-refractivity contribution in [2.45, 2.75) is 26.0 Å². The van der Waals surface area contributed by atoms with Gasteiger partial charge in [-0.3, -0.25) is 0 Å². The largest absolute Gasteiger partial charge is 0.457 e. The molecule has 3 N–H and O–H groups in total. The molecule has 0 fully saturated rings. The number of hydrogen-bond acceptors (Lipinski definition) is 9. The van der Waals surface area contributed by atoms with E-state index in [0.717, 1.165) is 156 Å². The van der Waals surface area contributed by atoms with Gasteiger partial charge >= 0.3 is 0 Å². The van der Waals surface area contributed by atoms with Gasteiger partial charge in [0.2, 0.25) is 0 Å². The normalized spacial score (nSPS) is 14.0. The van der Waals surface area contributed by atoms with Crippen molar-refractivity contribution in [1.29, 1.82) is 0 Å². The molecule has 3 aromatic heterocycles. The Balaban J connectivity index is 0.000000104. The third-order valence-corrected chi connectivity index (χ3v) is 31.2. The first-order valence-electron chi connectivity index (χ1n) is 48.7. The molecule has 0 bridgehead atoms. The van der Waals surface area contributed by atoms with Crippen molar-refractivity contribution >= 4 is 121 Å². The van der Waals surface area contributed by atoms with Gasteiger partial charge in [-0.25, -0.2) is 0 Å². The van der Waals surface area contributed by atoms with E-state index >= 15 is 0 Å². The van der Waals surface area contributed by atoms with E-state index in [4.69, 9.17) is 23.8 Å². The molecule has 24 aromatic rings. The molecular weight excluding hydrogens is 1720 g/mol. The number of nitrogens with one attached hydrogen (secondary N) is 3. The van der Waals surface area contributed by atoms with Crippen LogP contribution in [-0.4, -0.2) is 0 Å². The number of thiophene rings is 1. The molecule has 3 aliphatic heterocycles. The first-order valence-corrected chi connectivity index (χ1v) is 48.3. The average Bonchev–Trinajstić information content (AvgIpc) is 1.52. The molecule has 0 atom stereocenters. The van der Waals surface area contributed by atoms with Crippen molar-refractivity contribution in [2.75, 3.05) is 16.0 Å². The molecule has 648 valence electrons. The zero-order chi connectivity index (χ0) is 94.2. The second-order valence-electron chi connectivity index (χ2n) is 36.1. The zero-order valence-corrected chi connectivity index (χ0v) is 75.8. The van der Waals surface area contributed by atoms with Crippen molar-refractivity contribution in [1.82, 2.24) is 0 Å². The summed E-state index contributed by atoms with van der Waals surface area (Å²) in [4.78, 5) is 2.48. The maximum atomic E-state index is 8.73. The lowest BCUT2D eigenvalue weighted by atomic mass is 9.66. The van der Waals surface area contributed by atoms with E-state index < -0.39 is 16.2 Å². The molecule has 6 heterocycles. The Hall–Kier alpha value is -17.2. The van der Waals surface area contributed by atoms with Crippen molar-refractivity contribution < 1.29 is 23.8 Å². The molecule has 3 spiro atoms. The molecule has 0 amide bonds. The Kier molecular flexibility index (Phi) is 17.2. The lowest BCUT2D eigenvalue weighted by Crippen LogP contribution is -2.32. The van der Waals surface area contributed by atoms with Crippen LogP contribution in [0.4, 0.5) is 34.1 Å². The summed E-state index contributed by atoms with van der Waals surface area (Å²) in [5.74, 6) is 3.56. The highest BCUT2D eigenvalue weighted by molar-refractivity contribution is 7.99. The lowest BCUT2D eigenvalue weighted by molar-refractivity contribution is 0.436. The van der Waals surface area contributed by atoms with Crippen LogP contribution in [0.15, 0.2) is 492 Å². The van der Waals surface area contributed by atoms with E-state index in [9.17, 15) is 0 Å². The Labute approximate surface area is 810 Å². The minimum atomic E-state index is -0.514. The fourth-order valence-corrected chi connectivity index (χ4v) is 25.6. The number of para-hydroxylation sites is 4. The number of fused-ring (bicyclic) bond motifs is 36. The highest BCUT2D eigenvalue weighted by atomic mass is 32.2. The van der Waals surface area contributed by atoms with Gasteiger partial charge in [0.05, 0.1) is 32.8 Å². The van der Waals surface area contributed by atoms with Crippen LogP contribution in [-0.2, 0) is 16.2 Å². The van der Waals surface area contributed by atoms with E-state index in [1.54, 1.807) is 0 Å². The third-order valence-electron chi connectivity index (χ3n) is 28.9. The molecule has 9 heteroatoms. The second kappa shape index (κ2) is 31.5. The summed E-state index contributed by atoms with van der Waals surface area (Å²) in [5, 5.41) is 17.0. The fraction of sp³-hybridized carbons (Fsp3) is 0.0233. The molecule has 138 heavy (non-hydrogen) atoms. The molecule has 0 radical (unpaired) electrons. The second-order valence-corrected chi connectivity index (χ2v) is 38.2. The number of anilines is 6. The first kappa shape index (κ1) is 75.2. The lowest BCUT2D eigenvalue weighted by Gasteiger charge is -2.40. The van der Waals surface area contributed by atoms with Crippen LogP contribution in [0.2, 0.25) is 0 Å². The van der Waals surface area contributed by atoms with E-state index in [2.05, 4.69) is 410 Å². The molecule has 0 saturated heterocycles. The van der Waals surface area contributed by atoms with Gasteiger partial charge in [0.15, 0.2) is 0 Å². The monoisotopic (exact) mass is 1800 g/mol. The molecular formula is C129H81N3O4S2. The van der Waals surface area contributed by atoms with Crippen LogP contribution in [0.25, 0.3) is 131 Å². The molecule has 7 nitrogen and oxygen atoms in total. The predicted octanol–water partition coefficient (Wildman–Crippen LogP) is 35.2. The molecule has 21 aromatic carbocycles. The zero-order valence-electron chi connectivity index (χ0n) is 78.2. The van der Waals surface area contributed by atoms with E-state index in [1.807, 2.05) is 66.4 Å². The maximum absolute atomic E-state index is 8.73. The summed E-state index contributed by atoms with van der Waals surface area (Å²) < 4.78 is 61.0. The summed E-state index contributed by atoms with van der Waals surface area (Å²) in [6.45, 7) is 0. The van der Waals surface area contributed by atoms with Crippen LogP contribution in [0, 0.1) is 0 Å². The van der Waals surface area contributed by atoms with Gasteiger partial charge in [0.25, 0.3) is 0 Å². The highest BCUT2D eigenvalue weighted by Gasteiger charge is 2.54. The van der Waals surface area contributed by atoms with E-state index in [1.165, 1.54) is 110 Å². The van der Waals surface area contributed by atoms with Crippen LogP contribution in [0.5, 0.6) is 23.0 Å². The first-order chi connectivity index (χ1) is 70.0. The van der Waals surface area contributed by atoms with Gasteiger partial charge in [-0.15, -0.1) is 11.3 Å². The van der Waals surface area contributed by atoms with Gasteiger partial charge in [0.1, 0.15) is 45.3 Å². The van der Waals surface area contributed by atoms with Crippen molar-refractivity contribution in [3.05, 3.63) is 540 Å². The average molecular weight is 1810 g/mol. The topological polar surface area (TPSA) is 80.8 Å². The summed E-state index contributed by atoms with van der Waals surface area (Å²) in [6.07, 6.45) is 0. The summed E-state index contributed by atoms with van der Waals surface area (Å²) >= 11 is 3.22. The van der Waals surface area contributed by atoms with Gasteiger partial charge in [-0.2, -0.15) is 0 Å². The number of benzene rings is 21. The van der Waals surface area contributed by atoms with Crippen LogP contribution in [0.1, 0.15) is 72.2 Å². The third kappa shape index (κ3) is 12.0. The van der Waals surface area contributed by atoms with Gasteiger partial charge in [-0.1, -0.05) is 351 Å². The maximum Gasteiger partial charge on any atom is 0.137 e. The summed E-state index contributed by atoms with van der Waals surface area (Å²) in [6, 6.07) is 159. The Bertz CT molecular complexity index is 9290. The minimum absolute atomic E-state index is 0.00179. The standard InChI is InChI=1S/C49H31NO2.C43H27NO2.C37H23NS2/c1-2-13-31(14-3-1)39-29-32(25-27-34(39)37-18-12-24-47-48(37)38-17-6-10-22-44(38)51-47)50-33-26-28-46-43(30-33)49(42-21-9-11-23-45(42)52-46)40-19-7-4-15-35(40)36-16-5-8-20-41(36)49;1-4-13-33-30(10-1)31-11-2-5-14-34(31)43(33)35-15-6-8-18-39(35)46-41-26-28(22-25-36(41)43)27-20-23-29(24-21-27)44-37-16-9-19-40-42(37)32-12-3-7-17-38(32)45-40;1-4-13-27-24(10-1)25-11-2-5-14-28(25)37(27)29-15-6-8-18-33(29)40-34-21-20-23(22-30(34)37)38-31-16-9-19-35-36(31)26-12-3-7-17-32(26)39-35/h1-30,50H;1-26,44H;1-22,38H/i;;3D,7D,12D,17D. The van der Waals surface area contributed by atoms with Gasteiger partial charge < -0.3 is 34.3 Å². The van der Waals surface area contributed by atoms with Crippen molar-refractivity contribution in [3.63, 3.8) is 0 Å². The smallest absolute Gasteiger partial charge is 0.137 e. The summed E-state index contributed by atoms with van der Waals surface area (Å²) in [5.41, 5.74) is 37.3. The number of ether oxygens (including phenoxy) is 2. The van der Waals surface area contributed by atoms with Gasteiger partial charge in [0, 0.05) is 96.8 Å². The van der Waals surface area contributed by atoms with Crippen LogP contribution in [0.3, 0.4) is 0 Å². The highest BCUT2D eigenvalue weighted by Crippen LogP contribution is 2.67. The van der Waals surface area contributed by atoms with Crippen LogP contribution >= 0.6 is 23.1 Å². The predicted molar refractivity (Wildman–Crippen MR) is 568 cm³/mol. The minimum Gasteiger partial charge on any atom is -0.457 e.